The van der Waals surface area contributed by atoms with Gasteiger partial charge in [0.2, 0.25) is 0 Å². The Morgan fingerprint density at radius 2 is 1.70 bits per heavy atom. The molecule has 10 heavy (non-hydrogen) atoms. The van der Waals surface area contributed by atoms with Crippen LogP contribution in [0.2, 0.25) is 5.02 Å². The van der Waals surface area contributed by atoms with E-state index in [0.29, 0.717) is 0 Å². The smallest absolute Gasteiger partial charge is 0.0435 e. The normalized spacial score (nSPS) is 8.00. The zero-order valence-electron chi connectivity index (χ0n) is 6.13. The van der Waals surface area contributed by atoms with Crippen LogP contribution in [0.3, 0.4) is 0 Å². The van der Waals surface area contributed by atoms with Crippen molar-refractivity contribution in [3.05, 3.63) is 34.9 Å². The SMILES string of the molecule is CS.Cc1ccccc1Cl. The monoisotopic (exact) mass is 174 g/mol. The lowest BCUT2D eigenvalue weighted by molar-refractivity contribution is 1.47. The highest BCUT2D eigenvalue weighted by atomic mass is 35.5. The maximum absolute atomic E-state index is 5.71. The summed E-state index contributed by atoms with van der Waals surface area (Å²) in [6.45, 7) is 1.99. The Bertz CT molecular complexity index is 165. The predicted octanol–water partition coefficient (Wildman–Crippen LogP) is 3.19. The largest absolute Gasteiger partial charge is 0.183 e. The number of aryl methyl sites for hydroxylation is 1. The summed E-state index contributed by atoms with van der Waals surface area (Å²) in [7, 11) is 0. The summed E-state index contributed by atoms with van der Waals surface area (Å²) in [6.07, 6.45) is 1.69. The molecule has 0 aliphatic heterocycles. The highest BCUT2D eigenvalue weighted by Crippen LogP contribution is 2.11. The van der Waals surface area contributed by atoms with Crippen LogP contribution < -0.4 is 0 Å². The zero-order valence-corrected chi connectivity index (χ0v) is 7.78. The Morgan fingerprint density at radius 1 is 1.20 bits per heavy atom. The third kappa shape index (κ3) is 3.14. The fourth-order valence-electron chi connectivity index (χ4n) is 0.551. The lowest BCUT2D eigenvalue weighted by Gasteiger charge is -1.90. The van der Waals surface area contributed by atoms with E-state index in [9.17, 15) is 0 Å². The quantitative estimate of drug-likeness (QED) is 0.574. The fourth-order valence-corrected chi connectivity index (χ4v) is 0.687. The molecule has 0 atom stereocenters. The Labute approximate surface area is 72.6 Å². The first kappa shape index (κ1) is 9.86. The van der Waals surface area contributed by atoms with Gasteiger partial charge in [0, 0.05) is 5.02 Å². The lowest BCUT2D eigenvalue weighted by Crippen LogP contribution is -1.68. The molecule has 2 heteroatoms. The van der Waals surface area contributed by atoms with E-state index < -0.39 is 0 Å². The number of hydrogen-bond acceptors (Lipinski definition) is 1. The van der Waals surface area contributed by atoms with Crippen LogP contribution in [0.4, 0.5) is 0 Å². The molecule has 0 amide bonds. The fraction of sp³-hybridized carbons (Fsp3) is 0.250. The van der Waals surface area contributed by atoms with Crippen LogP contribution in [-0.2, 0) is 0 Å². The molecule has 0 aliphatic rings. The number of thiol groups is 1. The molecule has 0 saturated heterocycles. The van der Waals surface area contributed by atoms with Gasteiger partial charge in [-0.15, -0.1) is 0 Å². The van der Waals surface area contributed by atoms with Gasteiger partial charge in [-0.1, -0.05) is 29.8 Å². The Kier molecular flexibility index (Phi) is 5.55. The summed E-state index contributed by atoms with van der Waals surface area (Å²) in [6, 6.07) is 7.77. The van der Waals surface area contributed by atoms with Gasteiger partial charge in [-0.2, -0.15) is 12.6 Å². The third-order valence-corrected chi connectivity index (χ3v) is 1.50. The van der Waals surface area contributed by atoms with Gasteiger partial charge in [-0.3, -0.25) is 0 Å². The van der Waals surface area contributed by atoms with Crippen LogP contribution in [0.25, 0.3) is 0 Å². The standard InChI is InChI=1S/C7H7Cl.CH4S/c1-6-4-2-3-5-7(6)8;1-2/h2-5H,1H3;2H,1H3. The van der Waals surface area contributed by atoms with Crippen molar-refractivity contribution in [2.75, 3.05) is 6.26 Å². The summed E-state index contributed by atoms with van der Waals surface area (Å²) >= 11 is 9.24. The summed E-state index contributed by atoms with van der Waals surface area (Å²) in [5.74, 6) is 0. The number of halogens is 1. The van der Waals surface area contributed by atoms with E-state index in [0.717, 1.165) is 10.6 Å². The van der Waals surface area contributed by atoms with E-state index in [1.54, 1.807) is 6.26 Å². The molecule has 0 heterocycles. The van der Waals surface area contributed by atoms with Crippen LogP contribution in [-0.4, -0.2) is 6.26 Å². The van der Waals surface area contributed by atoms with Gasteiger partial charge in [0.15, 0.2) is 0 Å². The lowest BCUT2D eigenvalue weighted by atomic mass is 10.2. The molecule has 0 saturated carbocycles. The van der Waals surface area contributed by atoms with E-state index in [4.69, 9.17) is 11.6 Å². The summed E-state index contributed by atoms with van der Waals surface area (Å²) in [4.78, 5) is 0. The Morgan fingerprint density at radius 3 is 2.00 bits per heavy atom. The maximum atomic E-state index is 5.71. The first-order valence-corrected chi connectivity index (χ1v) is 4.24. The minimum absolute atomic E-state index is 0.840. The van der Waals surface area contributed by atoms with E-state index in [1.165, 1.54) is 0 Å². The average molecular weight is 175 g/mol. The number of rotatable bonds is 0. The molecular weight excluding hydrogens is 164 g/mol. The second-order valence-electron chi connectivity index (χ2n) is 1.75. The van der Waals surface area contributed by atoms with Gasteiger partial charge in [-0.05, 0) is 24.8 Å². The molecule has 0 spiro atoms. The molecule has 0 radical (unpaired) electrons. The van der Waals surface area contributed by atoms with Gasteiger partial charge in [0.25, 0.3) is 0 Å². The molecular formula is C8H11ClS. The van der Waals surface area contributed by atoms with Crippen molar-refractivity contribution in [2.24, 2.45) is 0 Å². The molecule has 1 aromatic rings. The van der Waals surface area contributed by atoms with Crippen molar-refractivity contribution in [1.29, 1.82) is 0 Å². The highest BCUT2D eigenvalue weighted by molar-refractivity contribution is 7.79. The van der Waals surface area contributed by atoms with Crippen LogP contribution in [0.1, 0.15) is 5.56 Å². The van der Waals surface area contributed by atoms with E-state index in [2.05, 4.69) is 12.6 Å². The first-order chi connectivity index (χ1) is 4.80. The molecule has 0 fully saturated rings. The van der Waals surface area contributed by atoms with Gasteiger partial charge in [-0.25, -0.2) is 0 Å². The molecule has 1 aromatic carbocycles. The van der Waals surface area contributed by atoms with Crippen LogP contribution in [0.15, 0.2) is 24.3 Å². The maximum Gasteiger partial charge on any atom is 0.0435 e. The minimum Gasteiger partial charge on any atom is -0.183 e. The van der Waals surface area contributed by atoms with Gasteiger partial charge in [0.05, 0.1) is 0 Å². The second-order valence-corrected chi connectivity index (χ2v) is 2.16. The zero-order chi connectivity index (χ0) is 7.98. The van der Waals surface area contributed by atoms with Crippen molar-refractivity contribution < 1.29 is 0 Å². The number of hydrogen-bond donors (Lipinski definition) is 1. The molecule has 56 valence electrons. The molecule has 1 rings (SSSR count). The Balaban J connectivity index is 0.000000371. The van der Waals surface area contributed by atoms with E-state index >= 15 is 0 Å². The molecule has 0 unspecified atom stereocenters. The van der Waals surface area contributed by atoms with Crippen LogP contribution in [0, 0.1) is 6.92 Å². The van der Waals surface area contributed by atoms with E-state index in [1.807, 2.05) is 31.2 Å². The van der Waals surface area contributed by atoms with Crippen LogP contribution >= 0.6 is 24.2 Å². The van der Waals surface area contributed by atoms with E-state index in [-0.39, 0.29) is 0 Å². The van der Waals surface area contributed by atoms with Gasteiger partial charge >= 0.3 is 0 Å². The third-order valence-electron chi connectivity index (χ3n) is 1.08. The number of benzene rings is 1. The topological polar surface area (TPSA) is 0 Å². The van der Waals surface area contributed by atoms with Crippen molar-refractivity contribution >= 4 is 24.2 Å². The average Bonchev–Trinajstić information content (AvgIpc) is 2.00. The van der Waals surface area contributed by atoms with Crippen molar-refractivity contribution in [3.63, 3.8) is 0 Å². The molecule has 0 aromatic heterocycles. The van der Waals surface area contributed by atoms with Gasteiger partial charge < -0.3 is 0 Å². The van der Waals surface area contributed by atoms with Crippen LogP contribution in [0.5, 0.6) is 0 Å². The van der Waals surface area contributed by atoms with Crippen molar-refractivity contribution in [2.45, 2.75) is 6.92 Å². The van der Waals surface area contributed by atoms with Gasteiger partial charge in [0.1, 0.15) is 0 Å². The summed E-state index contributed by atoms with van der Waals surface area (Å²) in [5.41, 5.74) is 1.13. The van der Waals surface area contributed by atoms with Crippen molar-refractivity contribution in [1.82, 2.24) is 0 Å². The molecule has 0 nitrogen and oxygen atoms in total. The predicted molar refractivity (Wildman–Crippen MR) is 51.1 cm³/mol. The molecule has 0 aliphatic carbocycles. The molecule has 0 bridgehead atoms. The highest BCUT2D eigenvalue weighted by Gasteiger charge is 1.86. The molecule has 0 N–H and O–H groups in total. The second kappa shape index (κ2) is 5.63. The Hall–Kier alpha value is -0.140. The first-order valence-electron chi connectivity index (χ1n) is 2.96. The summed E-state index contributed by atoms with van der Waals surface area (Å²) < 4.78 is 0. The minimum atomic E-state index is 0.840. The van der Waals surface area contributed by atoms with Crippen molar-refractivity contribution in [3.8, 4) is 0 Å². The summed E-state index contributed by atoms with van der Waals surface area (Å²) in [5, 5.41) is 0.840.